The number of benzene rings is 2. The van der Waals surface area contributed by atoms with Crippen LogP contribution in [0.3, 0.4) is 0 Å². The number of para-hydroxylation sites is 1. The molecule has 2 heterocycles. The van der Waals surface area contributed by atoms with Gasteiger partial charge < -0.3 is 9.64 Å². The number of alkyl halides is 2. The molecule has 2 aromatic carbocycles. The van der Waals surface area contributed by atoms with Gasteiger partial charge in [-0.05, 0) is 30.3 Å². The third-order valence-corrected chi connectivity index (χ3v) is 4.77. The third-order valence-electron chi connectivity index (χ3n) is 4.77. The second-order valence-corrected chi connectivity index (χ2v) is 6.72. The predicted octanol–water partition coefficient (Wildman–Crippen LogP) is 4.30. The minimum Gasteiger partial charge on any atom is -0.466 e. The van der Waals surface area contributed by atoms with Gasteiger partial charge in [-0.15, -0.1) is 0 Å². The van der Waals surface area contributed by atoms with Crippen LogP contribution in [-0.2, 0) is 0 Å². The molecule has 0 bridgehead atoms. The molecule has 1 unspecified atom stereocenters. The molecule has 1 aromatic heterocycles. The van der Waals surface area contributed by atoms with Gasteiger partial charge in [0.05, 0.1) is 12.1 Å². The topological polar surface area (TPSA) is 42.4 Å². The van der Waals surface area contributed by atoms with E-state index in [1.165, 1.54) is 29.2 Å². The number of piperidine rings is 1. The highest BCUT2D eigenvalue weighted by Gasteiger charge is 2.47. The summed E-state index contributed by atoms with van der Waals surface area (Å²) in [4.78, 5) is 18.1. The Kier molecular flexibility index (Phi) is 4.66. The average molecular weight is 386 g/mol. The highest BCUT2D eigenvalue weighted by Crippen LogP contribution is 2.32. The molecule has 1 fully saturated rings. The standard InChI is InChI=1S/C21H17F3N2O2/c22-16-6-3-5-15(12-16)20(27)26-11-10-21(23,24)18(13-26)28-19-9-8-14-4-1-2-7-17(14)25-19/h1-9,12,18H,10-11,13H2. The fraction of sp³-hybridized carbons (Fsp3) is 0.238. The molecule has 1 amide bonds. The van der Waals surface area contributed by atoms with Gasteiger partial charge in [0.2, 0.25) is 5.88 Å². The molecular formula is C21H17F3N2O2. The Balaban J connectivity index is 1.55. The van der Waals surface area contributed by atoms with Gasteiger partial charge in [0.25, 0.3) is 11.8 Å². The zero-order valence-electron chi connectivity index (χ0n) is 14.8. The molecule has 0 radical (unpaired) electrons. The molecule has 1 aliphatic heterocycles. The van der Waals surface area contributed by atoms with Crippen LogP contribution < -0.4 is 4.74 Å². The van der Waals surface area contributed by atoms with Crippen molar-refractivity contribution in [1.82, 2.24) is 9.88 Å². The van der Waals surface area contributed by atoms with Crippen molar-refractivity contribution in [3.05, 3.63) is 72.0 Å². The summed E-state index contributed by atoms with van der Waals surface area (Å²) in [5.74, 6) is -4.09. The van der Waals surface area contributed by atoms with Crippen LogP contribution in [0.15, 0.2) is 60.7 Å². The Hall–Kier alpha value is -3.09. The summed E-state index contributed by atoms with van der Waals surface area (Å²) in [6.45, 7) is -0.440. The number of rotatable bonds is 3. The lowest BCUT2D eigenvalue weighted by atomic mass is 10.0. The van der Waals surface area contributed by atoms with Crippen LogP contribution in [-0.4, -0.2) is 40.9 Å². The van der Waals surface area contributed by atoms with Crippen molar-refractivity contribution in [2.45, 2.75) is 18.4 Å². The van der Waals surface area contributed by atoms with Crippen molar-refractivity contribution in [2.75, 3.05) is 13.1 Å². The summed E-state index contributed by atoms with van der Waals surface area (Å²) in [5.41, 5.74) is 0.750. The Bertz CT molecular complexity index is 1030. The van der Waals surface area contributed by atoms with E-state index >= 15 is 0 Å². The van der Waals surface area contributed by atoms with Gasteiger partial charge in [-0.3, -0.25) is 4.79 Å². The van der Waals surface area contributed by atoms with E-state index in [2.05, 4.69) is 4.98 Å². The van der Waals surface area contributed by atoms with E-state index in [9.17, 15) is 18.0 Å². The van der Waals surface area contributed by atoms with Crippen LogP contribution in [0.5, 0.6) is 5.88 Å². The number of aromatic nitrogens is 1. The molecule has 0 spiro atoms. The van der Waals surface area contributed by atoms with Crippen LogP contribution in [0.1, 0.15) is 16.8 Å². The number of pyridine rings is 1. The van der Waals surface area contributed by atoms with E-state index in [1.807, 2.05) is 12.1 Å². The number of fused-ring (bicyclic) bond motifs is 1. The maximum atomic E-state index is 14.4. The van der Waals surface area contributed by atoms with Crippen LogP contribution in [0.2, 0.25) is 0 Å². The summed E-state index contributed by atoms with van der Waals surface area (Å²) >= 11 is 0. The number of amides is 1. The van der Waals surface area contributed by atoms with Gasteiger partial charge in [-0.2, -0.15) is 0 Å². The first-order valence-electron chi connectivity index (χ1n) is 8.87. The summed E-state index contributed by atoms with van der Waals surface area (Å²) in [6.07, 6.45) is -2.07. The summed E-state index contributed by atoms with van der Waals surface area (Å²) in [6, 6.07) is 15.7. The number of hydrogen-bond acceptors (Lipinski definition) is 3. The quantitative estimate of drug-likeness (QED) is 0.674. The molecule has 1 aliphatic rings. The number of hydrogen-bond donors (Lipinski definition) is 0. The fourth-order valence-electron chi connectivity index (χ4n) is 3.24. The lowest BCUT2D eigenvalue weighted by molar-refractivity contribution is -0.131. The van der Waals surface area contributed by atoms with Gasteiger partial charge in [-0.1, -0.05) is 24.3 Å². The summed E-state index contributed by atoms with van der Waals surface area (Å²) in [5, 5.41) is 0.869. The second-order valence-electron chi connectivity index (χ2n) is 6.72. The number of ether oxygens (including phenoxy) is 1. The molecule has 4 rings (SSSR count). The molecule has 0 aliphatic carbocycles. The van der Waals surface area contributed by atoms with E-state index in [1.54, 1.807) is 18.2 Å². The highest BCUT2D eigenvalue weighted by molar-refractivity contribution is 5.94. The van der Waals surface area contributed by atoms with Crippen LogP contribution in [0, 0.1) is 5.82 Å². The van der Waals surface area contributed by atoms with Crippen molar-refractivity contribution in [2.24, 2.45) is 0 Å². The molecule has 4 nitrogen and oxygen atoms in total. The number of likely N-dealkylation sites (tertiary alicyclic amines) is 1. The number of carbonyl (C=O) groups excluding carboxylic acids is 1. The van der Waals surface area contributed by atoms with Crippen molar-refractivity contribution in [3.8, 4) is 5.88 Å². The van der Waals surface area contributed by atoms with Gasteiger partial charge in [0.15, 0.2) is 6.10 Å². The first-order chi connectivity index (χ1) is 13.4. The van der Waals surface area contributed by atoms with Gasteiger partial charge in [0.1, 0.15) is 5.82 Å². The lowest BCUT2D eigenvalue weighted by Gasteiger charge is -2.38. The Morgan fingerprint density at radius 2 is 1.93 bits per heavy atom. The van der Waals surface area contributed by atoms with E-state index < -0.39 is 30.2 Å². The SMILES string of the molecule is O=C(c1cccc(F)c1)N1CCC(F)(F)C(Oc2ccc3ccccc3n2)C1. The van der Waals surface area contributed by atoms with E-state index in [-0.39, 0.29) is 24.5 Å². The third kappa shape index (κ3) is 3.65. The molecule has 28 heavy (non-hydrogen) atoms. The fourth-order valence-corrected chi connectivity index (χ4v) is 3.24. The van der Waals surface area contributed by atoms with Gasteiger partial charge in [0, 0.05) is 30.0 Å². The summed E-state index contributed by atoms with van der Waals surface area (Å²) in [7, 11) is 0. The molecule has 1 atom stereocenters. The normalized spacial score (nSPS) is 18.8. The Morgan fingerprint density at radius 1 is 1.11 bits per heavy atom. The van der Waals surface area contributed by atoms with Crippen molar-refractivity contribution >= 4 is 16.8 Å². The van der Waals surface area contributed by atoms with Crippen LogP contribution >= 0.6 is 0 Å². The maximum absolute atomic E-state index is 14.4. The number of halogens is 3. The van der Waals surface area contributed by atoms with Gasteiger partial charge in [-0.25, -0.2) is 18.2 Å². The molecule has 0 saturated carbocycles. The van der Waals surface area contributed by atoms with E-state index in [0.29, 0.717) is 5.52 Å². The van der Waals surface area contributed by atoms with Crippen molar-refractivity contribution in [3.63, 3.8) is 0 Å². The highest BCUT2D eigenvalue weighted by atomic mass is 19.3. The smallest absolute Gasteiger partial charge is 0.287 e. The van der Waals surface area contributed by atoms with Crippen LogP contribution in [0.4, 0.5) is 13.2 Å². The van der Waals surface area contributed by atoms with Gasteiger partial charge >= 0.3 is 0 Å². The molecular weight excluding hydrogens is 369 g/mol. The summed E-state index contributed by atoms with van der Waals surface area (Å²) < 4.78 is 47.7. The lowest BCUT2D eigenvalue weighted by Crippen LogP contribution is -2.55. The van der Waals surface area contributed by atoms with E-state index in [4.69, 9.17) is 4.74 Å². The zero-order valence-corrected chi connectivity index (χ0v) is 14.8. The largest absolute Gasteiger partial charge is 0.466 e. The monoisotopic (exact) mass is 386 g/mol. The second kappa shape index (κ2) is 7.14. The van der Waals surface area contributed by atoms with Crippen LogP contribution in [0.25, 0.3) is 10.9 Å². The van der Waals surface area contributed by atoms with Crippen molar-refractivity contribution < 1.29 is 22.7 Å². The Morgan fingerprint density at radius 3 is 2.75 bits per heavy atom. The zero-order chi connectivity index (χ0) is 19.7. The molecule has 0 N–H and O–H groups in total. The molecule has 3 aromatic rings. The molecule has 1 saturated heterocycles. The first-order valence-corrected chi connectivity index (χ1v) is 8.87. The van der Waals surface area contributed by atoms with E-state index in [0.717, 1.165) is 11.5 Å². The molecule has 144 valence electrons. The Labute approximate surface area is 159 Å². The molecule has 7 heteroatoms. The maximum Gasteiger partial charge on any atom is 0.287 e. The minimum atomic E-state index is -3.11. The average Bonchev–Trinajstić information content (AvgIpc) is 2.69. The minimum absolute atomic E-state index is 0.0726. The number of carbonyl (C=O) groups is 1. The predicted molar refractivity (Wildman–Crippen MR) is 98.0 cm³/mol. The number of nitrogens with zero attached hydrogens (tertiary/aromatic N) is 2. The first kappa shape index (κ1) is 18.3. The van der Waals surface area contributed by atoms with Crippen molar-refractivity contribution in [1.29, 1.82) is 0 Å².